The highest BCUT2D eigenvalue weighted by Crippen LogP contribution is 2.59. The van der Waals surface area contributed by atoms with E-state index in [0.29, 0.717) is 6.42 Å². The van der Waals surface area contributed by atoms with Gasteiger partial charge in [0.15, 0.2) is 0 Å². The maximum absolute atomic E-state index is 13.4. The van der Waals surface area contributed by atoms with E-state index in [1.807, 2.05) is 0 Å². The monoisotopic (exact) mass is 227 g/mol. The molecule has 0 spiro atoms. The van der Waals surface area contributed by atoms with Gasteiger partial charge in [-0.25, -0.2) is 8.78 Å². The molecule has 0 amide bonds. The first kappa shape index (κ1) is 11.0. The van der Waals surface area contributed by atoms with E-state index >= 15 is 0 Å². The number of halogens is 2. The van der Waals surface area contributed by atoms with Gasteiger partial charge in [0.25, 0.3) is 0 Å². The number of nitrogens with two attached hydrogens (primary N) is 1. The summed E-state index contributed by atoms with van der Waals surface area (Å²) in [5.41, 5.74) is 4.56. The van der Waals surface area contributed by atoms with E-state index in [9.17, 15) is 13.6 Å². The van der Waals surface area contributed by atoms with Crippen LogP contribution in [0.1, 0.15) is 17.9 Å². The molecule has 2 rings (SSSR count). The molecule has 0 aromatic heterocycles. The summed E-state index contributed by atoms with van der Waals surface area (Å²) in [6.07, 6.45) is 0.307. The fraction of sp³-hybridized carbons (Fsp3) is 0.364. The van der Waals surface area contributed by atoms with E-state index in [-0.39, 0.29) is 12.1 Å². The third-order valence-corrected chi connectivity index (χ3v) is 3.20. The van der Waals surface area contributed by atoms with Crippen LogP contribution in [0.4, 0.5) is 8.78 Å². The zero-order chi connectivity index (χ0) is 11.9. The van der Waals surface area contributed by atoms with Gasteiger partial charge >= 0.3 is 5.97 Å². The fourth-order valence-electron chi connectivity index (χ4n) is 2.05. The third-order valence-electron chi connectivity index (χ3n) is 3.20. The van der Waals surface area contributed by atoms with E-state index in [1.165, 1.54) is 6.07 Å². The average Bonchev–Trinajstić information content (AvgIpc) is 2.93. The normalized spacial score (nSPS) is 27.8. The van der Waals surface area contributed by atoms with Gasteiger partial charge in [0.1, 0.15) is 11.6 Å². The first-order valence-electron chi connectivity index (χ1n) is 4.89. The van der Waals surface area contributed by atoms with Gasteiger partial charge in [-0.1, -0.05) is 6.07 Å². The molecule has 3 N–H and O–H groups in total. The topological polar surface area (TPSA) is 63.3 Å². The van der Waals surface area contributed by atoms with Gasteiger partial charge in [-0.05, 0) is 18.1 Å². The second kappa shape index (κ2) is 3.52. The fourth-order valence-corrected chi connectivity index (χ4v) is 2.05. The molecule has 0 aliphatic heterocycles. The van der Waals surface area contributed by atoms with Gasteiger partial charge in [-0.2, -0.15) is 0 Å². The maximum atomic E-state index is 13.4. The summed E-state index contributed by atoms with van der Waals surface area (Å²) in [6, 6.07) is 3.17. The molecule has 1 aromatic carbocycles. The third kappa shape index (κ3) is 1.48. The van der Waals surface area contributed by atoms with Gasteiger partial charge in [0.2, 0.25) is 0 Å². The summed E-state index contributed by atoms with van der Waals surface area (Å²) < 4.78 is 26.1. The summed E-state index contributed by atoms with van der Waals surface area (Å²) in [7, 11) is 0. The molecule has 0 radical (unpaired) electrons. The Labute approximate surface area is 90.9 Å². The molecule has 2 atom stereocenters. The molecule has 1 saturated carbocycles. The Morgan fingerprint density at radius 1 is 1.56 bits per heavy atom. The summed E-state index contributed by atoms with van der Waals surface area (Å²) in [5, 5.41) is 9.00. The molecule has 0 saturated heterocycles. The zero-order valence-corrected chi connectivity index (χ0v) is 8.41. The van der Waals surface area contributed by atoms with Crippen molar-refractivity contribution < 1.29 is 18.7 Å². The molecule has 1 aromatic rings. The number of aliphatic carboxylic acids is 1. The molecule has 5 heteroatoms. The lowest BCUT2D eigenvalue weighted by Gasteiger charge is -2.09. The second-order valence-corrected chi connectivity index (χ2v) is 4.09. The van der Waals surface area contributed by atoms with Crippen LogP contribution in [0, 0.1) is 17.0 Å². The van der Waals surface area contributed by atoms with Gasteiger partial charge in [0.05, 0.1) is 5.41 Å². The highest BCUT2D eigenvalue weighted by Gasteiger charge is 2.60. The smallest absolute Gasteiger partial charge is 0.311 e. The lowest BCUT2D eigenvalue weighted by molar-refractivity contribution is -0.143. The van der Waals surface area contributed by atoms with E-state index in [4.69, 9.17) is 10.8 Å². The molecule has 16 heavy (non-hydrogen) atoms. The number of hydrogen-bond acceptors (Lipinski definition) is 2. The Morgan fingerprint density at radius 3 is 2.69 bits per heavy atom. The predicted molar refractivity (Wildman–Crippen MR) is 52.8 cm³/mol. The maximum Gasteiger partial charge on any atom is 0.311 e. The van der Waals surface area contributed by atoms with Crippen molar-refractivity contribution in [2.45, 2.75) is 12.3 Å². The molecule has 2 unspecified atom stereocenters. The highest BCUT2D eigenvalue weighted by molar-refractivity contribution is 5.81. The Balaban J connectivity index is 2.32. The van der Waals surface area contributed by atoms with E-state index in [0.717, 1.165) is 12.1 Å². The van der Waals surface area contributed by atoms with E-state index < -0.39 is 28.9 Å². The molecular weight excluding hydrogens is 216 g/mol. The van der Waals surface area contributed by atoms with Gasteiger partial charge in [-0.3, -0.25) is 4.79 Å². The van der Waals surface area contributed by atoms with Crippen molar-refractivity contribution in [3.63, 3.8) is 0 Å². The van der Waals surface area contributed by atoms with Crippen LogP contribution >= 0.6 is 0 Å². The summed E-state index contributed by atoms with van der Waals surface area (Å²) in [4.78, 5) is 11.0. The SMILES string of the molecule is NCC1(C(=O)O)CC1c1ccc(F)cc1F. The minimum atomic E-state index is -1.07. The molecule has 1 fully saturated rings. The summed E-state index contributed by atoms with van der Waals surface area (Å²) in [5.74, 6) is -2.85. The van der Waals surface area contributed by atoms with E-state index in [2.05, 4.69) is 0 Å². The standard InChI is InChI=1S/C11H11F2NO2/c12-6-1-2-7(9(13)3-6)8-4-11(8,5-14)10(15)16/h1-3,8H,4-5,14H2,(H,15,16). The van der Waals surface area contributed by atoms with Crippen LogP contribution < -0.4 is 5.73 Å². The number of hydrogen-bond donors (Lipinski definition) is 2. The van der Waals surface area contributed by atoms with Crippen LogP contribution in [0.15, 0.2) is 18.2 Å². The van der Waals surface area contributed by atoms with Crippen LogP contribution in [-0.2, 0) is 4.79 Å². The van der Waals surface area contributed by atoms with Gasteiger partial charge in [0, 0.05) is 18.5 Å². The molecule has 86 valence electrons. The highest BCUT2D eigenvalue weighted by atomic mass is 19.1. The van der Waals surface area contributed by atoms with Crippen LogP contribution in [-0.4, -0.2) is 17.6 Å². The number of benzene rings is 1. The lowest BCUT2D eigenvalue weighted by atomic mass is 9.99. The number of rotatable bonds is 3. The van der Waals surface area contributed by atoms with Crippen molar-refractivity contribution in [1.29, 1.82) is 0 Å². The van der Waals surface area contributed by atoms with E-state index in [1.54, 1.807) is 0 Å². The minimum absolute atomic E-state index is 0.0379. The van der Waals surface area contributed by atoms with Crippen molar-refractivity contribution in [3.8, 4) is 0 Å². The number of carboxylic acid groups (broad SMARTS) is 1. The quantitative estimate of drug-likeness (QED) is 0.822. The molecule has 0 bridgehead atoms. The Bertz CT molecular complexity index is 450. The van der Waals surface area contributed by atoms with Crippen LogP contribution in [0.5, 0.6) is 0 Å². The van der Waals surface area contributed by atoms with Gasteiger partial charge in [-0.15, -0.1) is 0 Å². The first-order chi connectivity index (χ1) is 7.51. The number of carbonyl (C=O) groups is 1. The minimum Gasteiger partial charge on any atom is -0.481 e. The summed E-state index contributed by atoms with van der Waals surface area (Å²) >= 11 is 0. The molecular formula is C11H11F2NO2. The van der Waals surface area contributed by atoms with Crippen molar-refractivity contribution in [3.05, 3.63) is 35.4 Å². The van der Waals surface area contributed by atoms with Crippen LogP contribution in [0.2, 0.25) is 0 Å². The lowest BCUT2D eigenvalue weighted by Crippen LogP contribution is -2.26. The largest absolute Gasteiger partial charge is 0.481 e. The first-order valence-corrected chi connectivity index (χ1v) is 4.89. The molecule has 3 nitrogen and oxygen atoms in total. The average molecular weight is 227 g/mol. The van der Waals surface area contributed by atoms with Gasteiger partial charge < -0.3 is 10.8 Å². The Hall–Kier alpha value is -1.49. The van der Waals surface area contributed by atoms with Crippen molar-refractivity contribution in [2.75, 3.05) is 6.54 Å². The molecule has 1 aliphatic rings. The summed E-state index contributed by atoms with van der Waals surface area (Å²) in [6.45, 7) is -0.0379. The molecule has 1 aliphatic carbocycles. The Morgan fingerprint density at radius 2 is 2.25 bits per heavy atom. The Kier molecular flexibility index (Phi) is 2.42. The predicted octanol–water partition coefficient (Wildman–Crippen LogP) is 1.48. The number of carboxylic acids is 1. The molecule has 0 heterocycles. The van der Waals surface area contributed by atoms with Crippen molar-refractivity contribution in [1.82, 2.24) is 0 Å². The van der Waals surface area contributed by atoms with Crippen molar-refractivity contribution in [2.24, 2.45) is 11.1 Å². The zero-order valence-electron chi connectivity index (χ0n) is 8.41. The van der Waals surface area contributed by atoms with Crippen LogP contribution in [0.25, 0.3) is 0 Å². The van der Waals surface area contributed by atoms with Crippen molar-refractivity contribution >= 4 is 5.97 Å². The second-order valence-electron chi connectivity index (χ2n) is 4.09. The van der Waals surface area contributed by atoms with Crippen LogP contribution in [0.3, 0.4) is 0 Å².